The van der Waals surface area contributed by atoms with Gasteiger partial charge >= 0.3 is 0 Å². The highest BCUT2D eigenvalue weighted by Crippen LogP contribution is 2.25. The second kappa shape index (κ2) is 10.1. The van der Waals surface area contributed by atoms with E-state index in [9.17, 15) is 0 Å². The first-order chi connectivity index (χ1) is 8.88. The van der Waals surface area contributed by atoms with Crippen LogP contribution in [0.4, 0.5) is 0 Å². The lowest BCUT2D eigenvalue weighted by Gasteiger charge is -2.17. The average Bonchev–Trinajstić information content (AvgIpc) is 2.43. The Morgan fingerprint density at radius 3 is 2.28 bits per heavy atom. The molecular weight excluding hydrogens is 220 g/mol. The van der Waals surface area contributed by atoms with E-state index in [1.807, 2.05) is 0 Å². The lowest BCUT2D eigenvalue weighted by molar-refractivity contribution is 0.123. The molecule has 0 aromatic heterocycles. The molecule has 0 spiro atoms. The lowest BCUT2D eigenvalue weighted by atomic mass is 9.91. The Hall–Kier alpha value is -0.820. The third kappa shape index (κ3) is 6.20. The average molecular weight is 248 g/mol. The van der Waals surface area contributed by atoms with Gasteiger partial charge in [0.25, 0.3) is 0 Å². The fraction of sp³-hybridized carbons (Fsp3) is 0.647. The van der Waals surface area contributed by atoms with E-state index in [0.29, 0.717) is 5.92 Å². The topological polar surface area (TPSA) is 9.23 Å². The van der Waals surface area contributed by atoms with E-state index in [0.717, 1.165) is 19.6 Å². The Kier molecular flexibility index (Phi) is 8.58. The largest absolute Gasteiger partial charge is 0.381 e. The van der Waals surface area contributed by atoms with E-state index in [4.69, 9.17) is 4.74 Å². The number of unbranched alkanes of at least 4 members (excludes halogenated alkanes) is 2. The quantitative estimate of drug-likeness (QED) is 0.519. The number of hydrogen-bond acceptors (Lipinski definition) is 1. The first-order valence-electron chi connectivity index (χ1n) is 7.51. The highest BCUT2D eigenvalue weighted by atomic mass is 16.5. The molecule has 0 heterocycles. The summed E-state index contributed by atoms with van der Waals surface area (Å²) in [7, 11) is 0. The van der Waals surface area contributed by atoms with Gasteiger partial charge in [0, 0.05) is 13.2 Å². The summed E-state index contributed by atoms with van der Waals surface area (Å²) in [6.45, 7) is 6.30. The molecule has 1 atom stereocenters. The monoisotopic (exact) mass is 248 g/mol. The van der Waals surface area contributed by atoms with Gasteiger partial charge in [0.05, 0.1) is 0 Å². The fourth-order valence-corrected chi connectivity index (χ4v) is 2.23. The van der Waals surface area contributed by atoms with Crippen molar-refractivity contribution in [2.75, 3.05) is 13.2 Å². The second-order valence-corrected chi connectivity index (χ2v) is 5.00. The Labute approximate surface area is 113 Å². The van der Waals surface area contributed by atoms with Gasteiger partial charge in [-0.15, -0.1) is 0 Å². The minimum absolute atomic E-state index is 0.674. The van der Waals surface area contributed by atoms with Gasteiger partial charge in [0.15, 0.2) is 0 Å². The molecule has 1 nitrogen and oxygen atoms in total. The molecule has 0 aliphatic rings. The van der Waals surface area contributed by atoms with Crippen molar-refractivity contribution < 1.29 is 4.74 Å². The molecule has 1 aromatic carbocycles. The fourth-order valence-electron chi connectivity index (χ4n) is 2.23. The molecule has 0 fully saturated rings. The first-order valence-corrected chi connectivity index (χ1v) is 7.51. The summed E-state index contributed by atoms with van der Waals surface area (Å²) in [6.07, 6.45) is 7.45. The molecule has 1 unspecified atom stereocenters. The molecule has 0 bridgehead atoms. The van der Waals surface area contributed by atoms with Crippen molar-refractivity contribution in [3.63, 3.8) is 0 Å². The minimum atomic E-state index is 0.674. The number of rotatable bonds is 10. The van der Waals surface area contributed by atoms with Gasteiger partial charge in [-0.05, 0) is 30.7 Å². The van der Waals surface area contributed by atoms with E-state index in [2.05, 4.69) is 44.2 Å². The van der Waals surface area contributed by atoms with Gasteiger partial charge in [0.1, 0.15) is 0 Å². The van der Waals surface area contributed by atoms with Crippen LogP contribution in [0.15, 0.2) is 30.3 Å². The molecule has 102 valence electrons. The molecule has 1 heteroatoms. The normalized spacial score (nSPS) is 12.6. The van der Waals surface area contributed by atoms with E-state index < -0.39 is 0 Å². The smallest absolute Gasteiger partial charge is 0.0471 e. The number of benzene rings is 1. The number of hydrogen-bond donors (Lipinski definition) is 0. The van der Waals surface area contributed by atoms with Gasteiger partial charge in [0.2, 0.25) is 0 Å². The predicted molar refractivity (Wildman–Crippen MR) is 79.1 cm³/mol. The zero-order valence-electron chi connectivity index (χ0n) is 12.0. The molecule has 0 amide bonds. The molecule has 0 N–H and O–H groups in total. The minimum Gasteiger partial charge on any atom is -0.381 e. The summed E-state index contributed by atoms with van der Waals surface area (Å²) in [4.78, 5) is 0. The van der Waals surface area contributed by atoms with Crippen molar-refractivity contribution in [1.29, 1.82) is 0 Å². The maximum atomic E-state index is 5.71. The number of ether oxygens (including phenoxy) is 1. The van der Waals surface area contributed by atoms with E-state index in [1.165, 1.54) is 37.7 Å². The van der Waals surface area contributed by atoms with Gasteiger partial charge in [-0.25, -0.2) is 0 Å². The molecular formula is C17H28O. The summed E-state index contributed by atoms with van der Waals surface area (Å²) in [6, 6.07) is 10.9. The molecule has 0 radical (unpaired) electrons. The highest BCUT2D eigenvalue weighted by molar-refractivity contribution is 5.19. The molecule has 1 aromatic rings. The van der Waals surface area contributed by atoms with Crippen LogP contribution < -0.4 is 0 Å². The predicted octanol–water partition coefficient (Wildman–Crippen LogP) is 5.17. The Morgan fingerprint density at radius 1 is 0.889 bits per heavy atom. The van der Waals surface area contributed by atoms with Crippen molar-refractivity contribution in [2.45, 2.75) is 58.3 Å². The third-order valence-corrected chi connectivity index (χ3v) is 3.43. The summed E-state index contributed by atoms with van der Waals surface area (Å²) in [5, 5.41) is 0. The van der Waals surface area contributed by atoms with E-state index in [1.54, 1.807) is 0 Å². The van der Waals surface area contributed by atoms with Crippen LogP contribution in [0.3, 0.4) is 0 Å². The molecule has 0 saturated heterocycles. The van der Waals surface area contributed by atoms with Crippen LogP contribution in [-0.4, -0.2) is 13.2 Å². The summed E-state index contributed by atoms with van der Waals surface area (Å²) < 4.78 is 5.71. The van der Waals surface area contributed by atoms with Crippen molar-refractivity contribution in [3.8, 4) is 0 Å². The van der Waals surface area contributed by atoms with Crippen molar-refractivity contribution in [1.82, 2.24) is 0 Å². The van der Waals surface area contributed by atoms with Gasteiger partial charge in [-0.2, -0.15) is 0 Å². The second-order valence-electron chi connectivity index (χ2n) is 5.00. The van der Waals surface area contributed by atoms with E-state index >= 15 is 0 Å². The Morgan fingerprint density at radius 2 is 1.61 bits per heavy atom. The van der Waals surface area contributed by atoms with Gasteiger partial charge in [-0.1, -0.05) is 63.4 Å². The van der Waals surface area contributed by atoms with Crippen molar-refractivity contribution in [2.24, 2.45) is 0 Å². The third-order valence-electron chi connectivity index (χ3n) is 3.43. The molecule has 0 aliphatic heterocycles. The van der Waals surface area contributed by atoms with Crippen LogP contribution in [0, 0.1) is 0 Å². The van der Waals surface area contributed by atoms with Crippen LogP contribution in [0.25, 0.3) is 0 Å². The molecule has 0 aliphatic carbocycles. The van der Waals surface area contributed by atoms with Crippen LogP contribution in [0.1, 0.15) is 63.9 Å². The van der Waals surface area contributed by atoms with Crippen LogP contribution in [0.2, 0.25) is 0 Å². The van der Waals surface area contributed by atoms with Gasteiger partial charge in [-0.3, -0.25) is 0 Å². The molecule has 1 rings (SSSR count). The van der Waals surface area contributed by atoms with Crippen molar-refractivity contribution in [3.05, 3.63) is 35.9 Å². The maximum Gasteiger partial charge on any atom is 0.0471 e. The Balaban J connectivity index is 2.36. The molecule has 18 heavy (non-hydrogen) atoms. The Bertz CT molecular complexity index is 281. The van der Waals surface area contributed by atoms with Crippen LogP contribution >= 0.6 is 0 Å². The highest BCUT2D eigenvalue weighted by Gasteiger charge is 2.10. The van der Waals surface area contributed by atoms with Crippen molar-refractivity contribution >= 4 is 0 Å². The van der Waals surface area contributed by atoms with Crippen LogP contribution in [0.5, 0.6) is 0 Å². The van der Waals surface area contributed by atoms with Gasteiger partial charge < -0.3 is 4.74 Å². The lowest BCUT2D eigenvalue weighted by Crippen LogP contribution is -2.05. The van der Waals surface area contributed by atoms with Crippen LogP contribution in [-0.2, 0) is 4.74 Å². The standard InChI is InChI=1S/C17H28O/c1-3-5-10-17(13-15-18-14-6-4-2)16-11-8-7-9-12-16/h7-9,11-12,17H,3-6,10,13-15H2,1-2H3. The SMILES string of the molecule is CCCCOCCC(CCCC)c1ccccc1. The summed E-state index contributed by atoms with van der Waals surface area (Å²) >= 11 is 0. The zero-order chi connectivity index (χ0) is 13.1. The first kappa shape index (κ1) is 15.2. The zero-order valence-corrected chi connectivity index (χ0v) is 12.0. The summed E-state index contributed by atoms with van der Waals surface area (Å²) in [5.41, 5.74) is 1.48. The summed E-state index contributed by atoms with van der Waals surface area (Å²) in [5.74, 6) is 0.674. The molecule has 0 saturated carbocycles. The van der Waals surface area contributed by atoms with E-state index in [-0.39, 0.29) is 0 Å². The maximum absolute atomic E-state index is 5.71.